The first-order valence-corrected chi connectivity index (χ1v) is 5.91. The maximum atomic E-state index is 4.07. The molecule has 1 unspecified atom stereocenters. The van der Waals surface area contributed by atoms with E-state index in [-0.39, 0.29) is 0 Å². The third-order valence-electron chi connectivity index (χ3n) is 3.16. The van der Waals surface area contributed by atoms with E-state index >= 15 is 0 Å². The summed E-state index contributed by atoms with van der Waals surface area (Å²) in [6.07, 6.45) is 5.59. The quantitative estimate of drug-likeness (QED) is 0.764. The molecule has 1 fully saturated rings. The van der Waals surface area contributed by atoms with Crippen LogP contribution in [0.4, 0.5) is 0 Å². The molecule has 0 saturated heterocycles. The first kappa shape index (κ1) is 10.6. The monoisotopic (exact) mass is 208 g/mol. The van der Waals surface area contributed by atoms with Crippen LogP contribution in [0.3, 0.4) is 0 Å². The van der Waals surface area contributed by atoms with Crippen molar-refractivity contribution in [2.45, 2.75) is 45.7 Å². The summed E-state index contributed by atoms with van der Waals surface area (Å²) in [5, 5.41) is 11.5. The molecular formula is C11H20N4. The zero-order chi connectivity index (χ0) is 10.7. The summed E-state index contributed by atoms with van der Waals surface area (Å²) in [6.45, 7) is 6.39. The highest BCUT2D eigenvalue weighted by Gasteiger charge is 2.27. The molecule has 1 N–H and O–H groups in total. The molecule has 0 radical (unpaired) electrons. The SMILES string of the molecule is CCc1nncn1CCNC(C)C1CC1. The lowest BCUT2D eigenvalue weighted by atomic mass is 10.2. The van der Waals surface area contributed by atoms with Gasteiger partial charge in [-0.1, -0.05) is 6.92 Å². The molecule has 84 valence electrons. The van der Waals surface area contributed by atoms with Crippen LogP contribution in [0.15, 0.2) is 6.33 Å². The van der Waals surface area contributed by atoms with Crippen molar-refractivity contribution >= 4 is 0 Å². The lowest BCUT2D eigenvalue weighted by Crippen LogP contribution is -2.31. The van der Waals surface area contributed by atoms with Crippen LogP contribution in [-0.2, 0) is 13.0 Å². The largest absolute Gasteiger partial charge is 0.316 e. The molecule has 4 nitrogen and oxygen atoms in total. The van der Waals surface area contributed by atoms with Crippen molar-refractivity contribution in [3.63, 3.8) is 0 Å². The fourth-order valence-electron chi connectivity index (χ4n) is 1.92. The number of aromatic nitrogens is 3. The van der Waals surface area contributed by atoms with Crippen molar-refractivity contribution < 1.29 is 0 Å². The van der Waals surface area contributed by atoms with E-state index in [0.29, 0.717) is 6.04 Å². The van der Waals surface area contributed by atoms with Crippen LogP contribution in [-0.4, -0.2) is 27.4 Å². The first-order valence-electron chi connectivity index (χ1n) is 5.91. The van der Waals surface area contributed by atoms with Crippen molar-refractivity contribution in [1.29, 1.82) is 0 Å². The molecule has 0 bridgehead atoms. The minimum Gasteiger partial charge on any atom is -0.316 e. The van der Waals surface area contributed by atoms with Gasteiger partial charge >= 0.3 is 0 Å². The van der Waals surface area contributed by atoms with Gasteiger partial charge in [0.2, 0.25) is 0 Å². The summed E-state index contributed by atoms with van der Waals surface area (Å²) in [6, 6.07) is 0.673. The van der Waals surface area contributed by atoms with Crippen LogP contribution in [0.1, 0.15) is 32.5 Å². The highest BCUT2D eigenvalue weighted by atomic mass is 15.3. The van der Waals surface area contributed by atoms with Crippen molar-refractivity contribution in [1.82, 2.24) is 20.1 Å². The van der Waals surface area contributed by atoms with E-state index in [4.69, 9.17) is 0 Å². The molecule has 1 aliphatic rings. The summed E-state index contributed by atoms with van der Waals surface area (Å²) in [7, 11) is 0. The van der Waals surface area contributed by atoms with Gasteiger partial charge in [0, 0.05) is 25.6 Å². The lowest BCUT2D eigenvalue weighted by molar-refractivity contribution is 0.471. The van der Waals surface area contributed by atoms with Gasteiger partial charge in [-0.25, -0.2) is 0 Å². The molecule has 0 aliphatic heterocycles. The molecule has 1 saturated carbocycles. The van der Waals surface area contributed by atoms with Crippen LogP contribution in [0, 0.1) is 5.92 Å². The number of rotatable bonds is 6. The van der Waals surface area contributed by atoms with Gasteiger partial charge in [-0.15, -0.1) is 10.2 Å². The molecule has 1 aromatic heterocycles. The predicted octanol–water partition coefficient (Wildman–Crippen LogP) is 1.23. The Labute approximate surface area is 91.1 Å². The Kier molecular flexibility index (Phi) is 3.36. The molecule has 0 aromatic carbocycles. The van der Waals surface area contributed by atoms with E-state index in [9.17, 15) is 0 Å². The fourth-order valence-corrected chi connectivity index (χ4v) is 1.92. The van der Waals surface area contributed by atoms with Crippen LogP contribution < -0.4 is 5.32 Å². The summed E-state index contributed by atoms with van der Waals surface area (Å²) >= 11 is 0. The van der Waals surface area contributed by atoms with E-state index in [1.165, 1.54) is 12.8 Å². The maximum absolute atomic E-state index is 4.07. The smallest absolute Gasteiger partial charge is 0.132 e. The van der Waals surface area contributed by atoms with Gasteiger partial charge in [0.15, 0.2) is 0 Å². The molecule has 0 spiro atoms. The molecule has 0 amide bonds. The summed E-state index contributed by atoms with van der Waals surface area (Å²) in [4.78, 5) is 0. The van der Waals surface area contributed by atoms with Crippen LogP contribution in [0.2, 0.25) is 0 Å². The minimum absolute atomic E-state index is 0.673. The summed E-state index contributed by atoms with van der Waals surface area (Å²) in [5.41, 5.74) is 0. The average molecular weight is 208 g/mol. The molecule has 1 heterocycles. The topological polar surface area (TPSA) is 42.7 Å². The third-order valence-corrected chi connectivity index (χ3v) is 3.16. The van der Waals surface area contributed by atoms with Crippen molar-refractivity contribution in [2.75, 3.05) is 6.54 Å². The molecule has 2 rings (SSSR count). The number of nitrogens with one attached hydrogen (secondary N) is 1. The minimum atomic E-state index is 0.673. The van der Waals surface area contributed by atoms with E-state index in [1.54, 1.807) is 0 Å². The highest BCUT2D eigenvalue weighted by molar-refractivity contribution is 4.86. The zero-order valence-electron chi connectivity index (χ0n) is 9.61. The summed E-state index contributed by atoms with van der Waals surface area (Å²) < 4.78 is 2.13. The second-order valence-electron chi connectivity index (χ2n) is 4.37. The van der Waals surface area contributed by atoms with Gasteiger partial charge < -0.3 is 9.88 Å². The first-order chi connectivity index (χ1) is 7.31. The average Bonchev–Trinajstić information content (AvgIpc) is 2.99. The van der Waals surface area contributed by atoms with Gasteiger partial charge in [0.25, 0.3) is 0 Å². The molecule has 15 heavy (non-hydrogen) atoms. The number of aryl methyl sites for hydroxylation is 1. The second kappa shape index (κ2) is 4.75. The van der Waals surface area contributed by atoms with Gasteiger partial charge in [0.1, 0.15) is 12.2 Å². The van der Waals surface area contributed by atoms with Crippen molar-refractivity contribution in [2.24, 2.45) is 5.92 Å². The van der Waals surface area contributed by atoms with Crippen LogP contribution in [0.25, 0.3) is 0 Å². The molecule has 1 aromatic rings. The summed E-state index contributed by atoms with van der Waals surface area (Å²) in [5.74, 6) is 2.01. The van der Waals surface area contributed by atoms with Gasteiger partial charge in [-0.3, -0.25) is 0 Å². The van der Waals surface area contributed by atoms with E-state index in [2.05, 4.69) is 33.9 Å². The zero-order valence-corrected chi connectivity index (χ0v) is 9.61. The Morgan fingerprint density at radius 1 is 1.60 bits per heavy atom. The number of nitrogens with zero attached hydrogens (tertiary/aromatic N) is 3. The van der Waals surface area contributed by atoms with Gasteiger partial charge in [0.05, 0.1) is 0 Å². The maximum Gasteiger partial charge on any atom is 0.132 e. The molecule has 1 aliphatic carbocycles. The van der Waals surface area contributed by atoms with E-state index < -0.39 is 0 Å². The Morgan fingerprint density at radius 2 is 2.40 bits per heavy atom. The van der Waals surface area contributed by atoms with Gasteiger partial charge in [-0.05, 0) is 25.7 Å². The van der Waals surface area contributed by atoms with Crippen LogP contribution in [0.5, 0.6) is 0 Å². The molecular weight excluding hydrogens is 188 g/mol. The van der Waals surface area contributed by atoms with E-state index in [1.807, 2.05) is 6.33 Å². The van der Waals surface area contributed by atoms with Gasteiger partial charge in [-0.2, -0.15) is 0 Å². The fraction of sp³-hybridized carbons (Fsp3) is 0.818. The van der Waals surface area contributed by atoms with Crippen LogP contribution >= 0.6 is 0 Å². The number of hydrogen-bond acceptors (Lipinski definition) is 3. The Bertz CT molecular complexity index is 303. The molecule has 1 atom stereocenters. The second-order valence-corrected chi connectivity index (χ2v) is 4.37. The highest BCUT2D eigenvalue weighted by Crippen LogP contribution is 2.32. The molecule has 4 heteroatoms. The Morgan fingerprint density at radius 3 is 3.07 bits per heavy atom. The normalized spacial score (nSPS) is 18.0. The standard InChI is InChI=1S/C11H20N4/c1-3-11-14-13-8-15(11)7-6-12-9(2)10-4-5-10/h8-10,12H,3-7H2,1-2H3. The Balaban J connectivity index is 1.72. The number of hydrogen-bond donors (Lipinski definition) is 1. The van der Waals surface area contributed by atoms with E-state index in [0.717, 1.165) is 31.3 Å². The predicted molar refractivity (Wildman–Crippen MR) is 59.6 cm³/mol. The van der Waals surface area contributed by atoms with Crippen molar-refractivity contribution in [3.05, 3.63) is 12.2 Å². The third kappa shape index (κ3) is 2.78. The van der Waals surface area contributed by atoms with Crippen molar-refractivity contribution in [3.8, 4) is 0 Å². The Hall–Kier alpha value is -0.900. The lowest BCUT2D eigenvalue weighted by Gasteiger charge is -2.13.